The van der Waals surface area contributed by atoms with Crippen LogP contribution in [0.4, 0.5) is 18.9 Å². The van der Waals surface area contributed by atoms with E-state index < -0.39 is 23.3 Å². The number of anilines is 1. The molecule has 7 nitrogen and oxygen atoms in total. The van der Waals surface area contributed by atoms with Gasteiger partial charge in [-0.05, 0) is 31.3 Å². The van der Waals surface area contributed by atoms with E-state index in [1.807, 2.05) is 0 Å². The maximum Gasteiger partial charge on any atom is 0.434 e. The molecule has 2 heterocycles. The first-order valence-corrected chi connectivity index (χ1v) is 10.1. The normalized spacial score (nSPS) is 11.8. The number of carbonyl (C=O) groups excluding carboxylic acids is 1. The summed E-state index contributed by atoms with van der Waals surface area (Å²) in [5, 5.41) is 10.7. The predicted molar refractivity (Wildman–Crippen MR) is 112 cm³/mol. The molecule has 0 spiro atoms. The first-order chi connectivity index (χ1) is 14.7. The summed E-state index contributed by atoms with van der Waals surface area (Å²) in [4.78, 5) is 14.8. The van der Waals surface area contributed by atoms with Crippen LogP contribution in [0.5, 0.6) is 0 Å². The van der Waals surface area contributed by atoms with E-state index >= 15 is 0 Å². The second-order valence-corrected chi connectivity index (χ2v) is 7.21. The van der Waals surface area contributed by atoms with E-state index in [1.54, 1.807) is 10.9 Å². The Kier molecular flexibility index (Phi) is 7.01. The molecule has 1 amide bonds. The minimum Gasteiger partial charge on any atom is -0.319 e. The Morgan fingerprint density at radius 3 is 2.58 bits per heavy atom. The third kappa shape index (κ3) is 5.45. The van der Waals surface area contributed by atoms with Gasteiger partial charge in [-0.2, -0.15) is 23.4 Å². The van der Waals surface area contributed by atoms with Gasteiger partial charge < -0.3 is 10.2 Å². The van der Waals surface area contributed by atoms with Crippen LogP contribution in [-0.2, 0) is 12.7 Å². The predicted octanol–water partition coefficient (Wildman–Crippen LogP) is 4.34. The van der Waals surface area contributed by atoms with Crippen molar-refractivity contribution in [2.45, 2.75) is 26.6 Å². The fourth-order valence-corrected chi connectivity index (χ4v) is 3.31. The number of benzene rings is 1. The number of hydrogen-bond acceptors (Lipinski definition) is 4. The third-order valence-corrected chi connectivity index (χ3v) is 5.00. The zero-order valence-corrected chi connectivity index (χ0v) is 17.8. The van der Waals surface area contributed by atoms with Crippen LogP contribution in [-0.4, -0.2) is 50.0 Å². The van der Waals surface area contributed by atoms with Gasteiger partial charge in [0.2, 0.25) is 0 Å². The number of aromatic nitrogens is 4. The number of carbonyl (C=O) groups is 1. The van der Waals surface area contributed by atoms with E-state index in [4.69, 9.17) is 11.6 Å². The standard InChI is InChI=1S/C20H22ClF3N6O/c1-3-28(4-2)8-9-29-13-15(11-25-29)27-19(31)17-12-26-30(18(17)20(22,23)24)16-7-5-6-14(21)10-16/h5-7,10-13H,3-4,8-9H2,1-2H3,(H,27,31). The molecule has 0 aliphatic heterocycles. The van der Waals surface area contributed by atoms with Gasteiger partial charge in [0.05, 0.1) is 35.9 Å². The lowest BCUT2D eigenvalue weighted by molar-refractivity contribution is -0.143. The quantitative estimate of drug-likeness (QED) is 0.550. The zero-order chi connectivity index (χ0) is 22.6. The van der Waals surface area contributed by atoms with Crippen LogP contribution in [0.15, 0.2) is 42.9 Å². The second-order valence-electron chi connectivity index (χ2n) is 6.77. The van der Waals surface area contributed by atoms with Crippen LogP contribution in [0.2, 0.25) is 5.02 Å². The van der Waals surface area contributed by atoms with Gasteiger partial charge in [0, 0.05) is 17.8 Å². The van der Waals surface area contributed by atoms with E-state index in [0.29, 0.717) is 16.9 Å². The summed E-state index contributed by atoms with van der Waals surface area (Å²) in [6, 6.07) is 5.81. The first kappa shape index (κ1) is 22.8. The number of rotatable bonds is 8. The van der Waals surface area contributed by atoms with Crippen molar-refractivity contribution < 1.29 is 18.0 Å². The summed E-state index contributed by atoms with van der Waals surface area (Å²) in [6.45, 7) is 7.28. The van der Waals surface area contributed by atoms with Gasteiger partial charge >= 0.3 is 6.18 Å². The van der Waals surface area contributed by atoms with Crippen LogP contribution in [0.3, 0.4) is 0 Å². The molecule has 11 heteroatoms. The van der Waals surface area contributed by atoms with Gasteiger partial charge in [-0.1, -0.05) is 31.5 Å². The molecule has 0 unspecified atom stereocenters. The molecule has 31 heavy (non-hydrogen) atoms. The lowest BCUT2D eigenvalue weighted by Gasteiger charge is -2.17. The minimum atomic E-state index is -4.81. The Morgan fingerprint density at radius 2 is 1.94 bits per heavy atom. The summed E-state index contributed by atoms with van der Waals surface area (Å²) in [5.41, 5.74) is -1.37. The van der Waals surface area contributed by atoms with Gasteiger partial charge in [0.1, 0.15) is 0 Å². The zero-order valence-electron chi connectivity index (χ0n) is 17.0. The van der Waals surface area contributed by atoms with Gasteiger partial charge in [0.15, 0.2) is 5.69 Å². The molecule has 2 aromatic heterocycles. The summed E-state index contributed by atoms with van der Waals surface area (Å²) < 4.78 is 43.6. The van der Waals surface area contributed by atoms with Crippen LogP contribution in [0.1, 0.15) is 29.9 Å². The molecule has 0 radical (unpaired) electrons. The molecule has 0 fully saturated rings. The minimum absolute atomic E-state index is 0.100. The van der Waals surface area contributed by atoms with Crippen LogP contribution >= 0.6 is 11.6 Å². The molecule has 166 valence electrons. The third-order valence-electron chi connectivity index (χ3n) is 4.77. The van der Waals surface area contributed by atoms with Gasteiger partial charge in [-0.25, -0.2) is 4.68 Å². The van der Waals surface area contributed by atoms with Crippen LogP contribution in [0, 0.1) is 0 Å². The van der Waals surface area contributed by atoms with Gasteiger partial charge in [-0.15, -0.1) is 0 Å². The molecule has 0 bridgehead atoms. The Hall–Kier alpha value is -2.85. The fraction of sp³-hybridized carbons (Fsp3) is 0.350. The summed E-state index contributed by atoms with van der Waals surface area (Å²) in [7, 11) is 0. The monoisotopic (exact) mass is 454 g/mol. The van der Waals surface area contributed by atoms with E-state index in [0.717, 1.165) is 25.8 Å². The maximum absolute atomic E-state index is 13.8. The van der Waals surface area contributed by atoms with Crippen molar-refractivity contribution in [1.29, 1.82) is 0 Å². The lowest BCUT2D eigenvalue weighted by atomic mass is 10.2. The molecule has 3 rings (SSSR count). The van der Waals surface area contributed by atoms with Crippen molar-refractivity contribution in [3.63, 3.8) is 0 Å². The molecule has 0 saturated heterocycles. The van der Waals surface area contributed by atoms with Crippen molar-refractivity contribution >= 4 is 23.2 Å². The first-order valence-electron chi connectivity index (χ1n) is 9.70. The molecule has 0 aliphatic carbocycles. The molecule has 0 aliphatic rings. The molecule has 1 aromatic carbocycles. The SMILES string of the molecule is CCN(CC)CCn1cc(NC(=O)c2cnn(-c3cccc(Cl)c3)c2C(F)(F)F)cn1. The average molecular weight is 455 g/mol. The van der Waals surface area contributed by atoms with E-state index in [2.05, 4.69) is 34.3 Å². The molecule has 0 atom stereocenters. The van der Waals surface area contributed by atoms with Crippen LogP contribution in [0.25, 0.3) is 5.69 Å². The number of likely N-dealkylation sites (N-methyl/N-ethyl adjacent to an activating group) is 1. The molecule has 0 saturated carbocycles. The van der Waals surface area contributed by atoms with Crippen molar-refractivity contribution in [2.75, 3.05) is 25.0 Å². The number of alkyl halides is 3. The molecular weight excluding hydrogens is 433 g/mol. The number of hydrogen-bond donors (Lipinski definition) is 1. The summed E-state index contributed by atoms with van der Waals surface area (Å²) in [5.74, 6) is -0.927. The second kappa shape index (κ2) is 9.52. The van der Waals surface area contributed by atoms with Gasteiger partial charge in [-0.3, -0.25) is 9.48 Å². The number of nitrogens with one attached hydrogen (secondary N) is 1. The van der Waals surface area contributed by atoms with Crippen molar-refractivity contribution in [1.82, 2.24) is 24.5 Å². The van der Waals surface area contributed by atoms with E-state index in [9.17, 15) is 18.0 Å². The van der Waals surface area contributed by atoms with Gasteiger partial charge in [0.25, 0.3) is 5.91 Å². The maximum atomic E-state index is 13.8. The molecule has 1 N–H and O–H groups in total. The van der Waals surface area contributed by atoms with Crippen molar-refractivity contribution in [2.24, 2.45) is 0 Å². The molecular formula is C20H22ClF3N6O. The summed E-state index contributed by atoms with van der Waals surface area (Å²) in [6.07, 6.45) is -0.936. The summed E-state index contributed by atoms with van der Waals surface area (Å²) >= 11 is 5.89. The van der Waals surface area contributed by atoms with Crippen molar-refractivity contribution in [3.8, 4) is 5.69 Å². The Labute approximate surface area is 182 Å². The van der Waals surface area contributed by atoms with Crippen molar-refractivity contribution in [3.05, 3.63) is 59.1 Å². The largest absolute Gasteiger partial charge is 0.434 e. The van der Waals surface area contributed by atoms with Crippen LogP contribution < -0.4 is 5.32 Å². The number of halogens is 4. The Bertz CT molecular complexity index is 1040. The average Bonchev–Trinajstić information content (AvgIpc) is 3.35. The highest BCUT2D eigenvalue weighted by Gasteiger charge is 2.40. The smallest absolute Gasteiger partial charge is 0.319 e. The Morgan fingerprint density at radius 1 is 1.19 bits per heavy atom. The highest BCUT2D eigenvalue weighted by atomic mass is 35.5. The highest BCUT2D eigenvalue weighted by Crippen LogP contribution is 2.34. The Balaban J connectivity index is 1.81. The molecule has 3 aromatic rings. The lowest BCUT2D eigenvalue weighted by Crippen LogP contribution is -2.27. The topological polar surface area (TPSA) is 68.0 Å². The highest BCUT2D eigenvalue weighted by molar-refractivity contribution is 6.30. The number of nitrogens with zero attached hydrogens (tertiary/aromatic N) is 5. The van der Waals surface area contributed by atoms with E-state index in [-0.39, 0.29) is 10.7 Å². The number of amides is 1. The van der Waals surface area contributed by atoms with E-state index in [1.165, 1.54) is 30.5 Å². The fourth-order valence-electron chi connectivity index (χ4n) is 3.12.